The van der Waals surface area contributed by atoms with E-state index in [0.717, 1.165) is 45.2 Å². The van der Waals surface area contributed by atoms with Crippen molar-refractivity contribution in [2.24, 2.45) is 23.7 Å². The van der Waals surface area contributed by atoms with Crippen molar-refractivity contribution < 1.29 is 8.42 Å². The van der Waals surface area contributed by atoms with Crippen LogP contribution in [0.4, 0.5) is 0 Å². The van der Waals surface area contributed by atoms with Crippen LogP contribution in [-0.2, 0) is 15.3 Å². The summed E-state index contributed by atoms with van der Waals surface area (Å²) in [5.41, 5.74) is 6.35. The van der Waals surface area contributed by atoms with Gasteiger partial charge in [0.1, 0.15) is 0 Å². The number of nitrogens with zero attached hydrogens (tertiary/aromatic N) is 4. The average molecular weight is 683 g/mol. The molecule has 0 atom stereocenters. The molecule has 7 heteroatoms. The van der Waals surface area contributed by atoms with Crippen molar-refractivity contribution >= 4 is 9.84 Å². The van der Waals surface area contributed by atoms with Crippen molar-refractivity contribution in [1.29, 1.82) is 5.26 Å². The van der Waals surface area contributed by atoms with E-state index in [1.54, 1.807) is 0 Å². The van der Waals surface area contributed by atoms with Crippen molar-refractivity contribution in [2.45, 2.75) is 47.3 Å². The first kappa shape index (κ1) is 30.4. The largest absolute Gasteiger partial charge is 0.218 e. The maximum atomic E-state index is 14.6. The predicted molar refractivity (Wildman–Crippen MR) is 196 cm³/mol. The zero-order valence-electron chi connectivity index (χ0n) is 27.9. The zero-order chi connectivity index (χ0) is 34.3. The summed E-state index contributed by atoms with van der Waals surface area (Å²) < 4.78 is 29.2. The van der Waals surface area contributed by atoms with Gasteiger partial charge < -0.3 is 0 Å². The van der Waals surface area contributed by atoms with Crippen LogP contribution in [-0.4, -0.2) is 23.4 Å². The maximum Gasteiger partial charge on any atom is 0.207 e. The second-order valence-electron chi connectivity index (χ2n) is 14.8. The maximum absolute atomic E-state index is 14.6. The van der Waals surface area contributed by atoms with Gasteiger partial charge in [-0.1, -0.05) is 103 Å². The van der Waals surface area contributed by atoms with Crippen LogP contribution in [0.15, 0.2) is 131 Å². The zero-order valence-corrected chi connectivity index (χ0v) is 28.7. The summed E-state index contributed by atoms with van der Waals surface area (Å²) in [6, 6.07) is 41.3. The molecule has 4 fully saturated rings. The highest BCUT2D eigenvalue weighted by atomic mass is 32.2. The molecule has 0 unspecified atom stereocenters. The Morgan fingerprint density at radius 2 is 1.08 bits per heavy atom. The molecule has 0 N–H and O–H groups in total. The van der Waals surface area contributed by atoms with Crippen LogP contribution in [0.2, 0.25) is 0 Å². The molecule has 0 amide bonds. The molecule has 1 spiro atoms. The number of fused-ring (bicyclic) bond motifs is 2. The predicted octanol–water partition coefficient (Wildman–Crippen LogP) is 9.30. The van der Waals surface area contributed by atoms with Crippen molar-refractivity contribution in [3.8, 4) is 51.4 Å². The minimum absolute atomic E-state index is 0.297. The van der Waals surface area contributed by atoms with Crippen LogP contribution in [0.1, 0.15) is 48.8 Å². The third-order valence-electron chi connectivity index (χ3n) is 12.2. The Labute approximate surface area is 297 Å². The lowest BCUT2D eigenvalue weighted by atomic mass is 9.42. The number of sulfone groups is 1. The van der Waals surface area contributed by atoms with Crippen LogP contribution in [0, 0.1) is 35.0 Å². The van der Waals surface area contributed by atoms with Gasteiger partial charge in [0.2, 0.25) is 9.84 Å². The van der Waals surface area contributed by atoms with Crippen molar-refractivity contribution in [3.63, 3.8) is 0 Å². The van der Waals surface area contributed by atoms with Crippen LogP contribution >= 0.6 is 0 Å². The second-order valence-corrected chi connectivity index (χ2v) is 16.7. The SMILES string of the molecule is N#Cc1ccccc1-c1ccc(-c2nc(-c3ccccc3)nc(-c3ccc4c(c3)S(=O)(=O)c3ccccc3C43C4CC5CC(C4)CC3C5)n2)cc1. The number of aromatic nitrogens is 3. The fourth-order valence-corrected chi connectivity index (χ4v) is 12.2. The van der Waals surface area contributed by atoms with Gasteiger partial charge in [0.25, 0.3) is 0 Å². The number of benzene rings is 5. The Morgan fingerprint density at radius 1 is 0.549 bits per heavy atom. The van der Waals surface area contributed by atoms with Crippen molar-refractivity contribution in [2.75, 3.05) is 0 Å². The van der Waals surface area contributed by atoms with E-state index in [2.05, 4.69) is 18.2 Å². The summed E-state index contributed by atoms with van der Waals surface area (Å²) in [6.07, 6.45) is 6.00. The van der Waals surface area contributed by atoms with Gasteiger partial charge >= 0.3 is 0 Å². The Hall–Kier alpha value is -5.45. The van der Waals surface area contributed by atoms with Gasteiger partial charge in [-0.15, -0.1) is 0 Å². The summed E-state index contributed by atoms with van der Waals surface area (Å²) in [6.45, 7) is 0. The fraction of sp³-hybridized carbons (Fsp3) is 0.227. The molecule has 1 aromatic heterocycles. The molecular weight excluding hydrogens is 649 g/mol. The van der Waals surface area contributed by atoms with E-state index in [9.17, 15) is 13.7 Å². The van der Waals surface area contributed by atoms with Crippen LogP contribution < -0.4 is 0 Å². The quantitative estimate of drug-likeness (QED) is 0.184. The molecule has 5 aromatic carbocycles. The summed E-state index contributed by atoms with van der Waals surface area (Å²) in [5.74, 6) is 3.80. The van der Waals surface area contributed by atoms with Gasteiger partial charge in [-0.05, 0) is 96.2 Å². The number of hydrogen-bond acceptors (Lipinski definition) is 6. The molecule has 0 saturated heterocycles. The Balaban J connectivity index is 1.13. The van der Waals surface area contributed by atoms with Gasteiger partial charge in [-0.2, -0.15) is 5.26 Å². The van der Waals surface area contributed by atoms with E-state index < -0.39 is 9.84 Å². The van der Waals surface area contributed by atoms with Crippen LogP contribution in [0.5, 0.6) is 0 Å². The lowest BCUT2D eigenvalue weighted by molar-refractivity contribution is -0.0446. The van der Waals surface area contributed by atoms with E-state index in [4.69, 9.17) is 15.0 Å². The minimum atomic E-state index is -3.80. The Bertz CT molecular complexity index is 2490. The third-order valence-corrected chi connectivity index (χ3v) is 14.0. The highest BCUT2D eigenvalue weighted by Gasteiger charge is 2.62. The lowest BCUT2D eigenvalue weighted by Crippen LogP contribution is -2.57. The van der Waals surface area contributed by atoms with E-state index in [1.807, 2.05) is 109 Å². The second kappa shape index (κ2) is 11.3. The molecule has 6 aromatic rings. The highest BCUT2D eigenvalue weighted by Crippen LogP contribution is 2.68. The lowest BCUT2D eigenvalue weighted by Gasteiger charge is -2.63. The molecule has 2 heterocycles. The van der Waals surface area contributed by atoms with Crippen LogP contribution in [0.3, 0.4) is 0 Å². The smallest absolute Gasteiger partial charge is 0.207 e. The van der Waals surface area contributed by atoms with Gasteiger partial charge in [0.15, 0.2) is 17.5 Å². The van der Waals surface area contributed by atoms with Gasteiger partial charge in [0, 0.05) is 22.1 Å². The Kier molecular flexibility index (Phi) is 6.72. The summed E-state index contributed by atoms with van der Waals surface area (Å²) in [7, 11) is -3.80. The number of hydrogen-bond donors (Lipinski definition) is 0. The van der Waals surface area contributed by atoms with Gasteiger partial charge in [0.05, 0.1) is 21.4 Å². The van der Waals surface area contributed by atoms with Crippen molar-refractivity contribution in [3.05, 3.63) is 138 Å². The van der Waals surface area contributed by atoms with E-state index in [0.29, 0.717) is 50.2 Å². The molecule has 1 aliphatic heterocycles. The third kappa shape index (κ3) is 4.52. The highest BCUT2D eigenvalue weighted by molar-refractivity contribution is 7.91. The molecule has 11 rings (SSSR count). The van der Waals surface area contributed by atoms with E-state index in [1.165, 1.54) is 32.1 Å². The fourth-order valence-electron chi connectivity index (χ4n) is 10.3. The first-order chi connectivity index (χ1) is 24.9. The topological polar surface area (TPSA) is 96.6 Å². The number of nitriles is 1. The number of rotatable bonds is 4. The molecule has 0 radical (unpaired) electrons. The van der Waals surface area contributed by atoms with E-state index >= 15 is 0 Å². The van der Waals surface area contributed by atoms with Crippen LogP contribution in [0.25, 0.3) is 45.3 Å². The first-order valence-electron chi connectivity index (χ1n) is 17.8. The molecule has 248 valence electrons. The van der Waals surface area contributed by atoms with E-state index in [-0.39, 0.29) is 5.41 Å². The van der Waals surface area contributed by atoms with Gasteiger partial charge in [-0.3, -0.25) is 0 Å². The molecule has 5 aliphatic rings. The molecule has 4 saturated carbocycles. The Morgan fingerprint density at radius 3 is 1.76 bits per heavy atom. The summed E-state index contributed by atoms with van der Waals surface area (Å²) >= 11 is 0. The summed E-state index contributed by atoms with van der Waals surface area (Å²) in [4.78, 5) is 15.7. The average Bonchev–Trinajstić information content (AvgIpc) is 3.18. The first-order valence-corrected chi connectivity index (χ1v) is 19.3. The standard InChI is InChI=1S/C44H34N4O2S/c45-26-33-10-4-5-11-36(33)29-14-16-31(17-15-29)42-46-41(30-8-2-1-3-9-30)47-43(48-42)32-18-19-38-40(25-32)51(49,50)39-13-7-6-12-37(39)44(38)34-21-27-20-28(23-34)24-35(44)22-27/h1-19,25,27-28,34-35H,20-24H2. The normalized spacial score (nSPS) is 24.8. The monoisotopic (exact) mass is 682 g/mol. The van der Waals surface area contributed by atoms with Gasteiger partial charge in [-0.25, -0.2) is 23.4 Å². The van der Waals surface area contributed by atoms with Crippen molar-refractivity contribution in [1.82, 2.24) is 15.0 Å². The molecule has 6 nitrogen and oxygen atoms in total. The summed E-state index contributed by atoms with van der Waals surface area (Å²) in [5, 5.41) is 9.66. The molecule has 51 heavy (non-hydrogen) atoms. The molecular formula is C44H34N4O2S. The molecule has 4 bridgehead atoms. The minimum Gasteiger partial charge on any atom is -0.218 e. The molecule has 4 aliphatic carbocycles.